The molecule has 2 aromatic rings. The summed E-state index contributed by atoms with van der Waals surface area (Å²) in [7, 11) is 0. The quantitative estimate of drug-likeness (QED) is 0.911. The number of aromatic amines is 1. The molecule has 0 aliphatic carbocycles. The second-order valence-electron chi connectivity index (χ2n) is 5.18. The molecule has 5 heteroatoms. The first-order valence-corrected chi connectivity index (χ1v) is 7.28. The fourth-order valence-electron chi connectivity index (χ4n) is 2.75. The molecule has 0 unspecified atom stereocenters. The highest BCUT2D eigenvalue weighted by molar-refractivity contribution is 5.12. The van der Waals surface area contributed by atoms with Crippen molar-refractivity contribution in [3.8, 4) is 5.95 Å². The Morgan fingerprint density at radius 2 is 2.25 bits per heavy atom. The molecule has 3 rings (SSSR count). The molecule has 0 aromatic carbocycles. The summed E-state index contributed by atoms with van der Waals surface area (Å²) in [6, 6.07) is 3.90. The third-order valence-electron chi connectivity index (χ3n) is 3.80. The zero-order valence-corrected chi connectivity index (χ0v) is 11.8. The van der Waals surface area contributed by atoms with E-state index in [2.05, 4.69) is 14.9 Å². The summed E-state index contributed by atoms with van der Waals surface area (Å²) < 4.78 is 11.0. The van der Waals surface area contributed by atoms with Gasteiger partial charge in [-0.3, -0.25) is 4.90 Å². The van der Waals surface area contributed by atoms with E-state index in [1.54, 1.807) is 0 Å². The van der Waals surface area contributed by atoms with Crippen LogP contribution in [0.1, 0.15) is 37.3 Å². The second kappa shape index (κ2) is 6.13. The monoisotopic (exact) mass is 275 g/mol. The predicted molar refractivity (Wildman–Crippen MR) is 75.7 cm³/mol. The average Bonchev–Trinajstić information content (AvgIpc) is 3.12. The minimum atomic E-state index is 0.567. The number of piperidine rings is 1. The van der Waals surface area contributed by atoms with Crippen LogP contribution in [-0.4, -0.2) is 34.6 Å². The van der Waals surface area contributed by atoms with Gasteiger partial charge in [0.15, 0.2) is 0 Å². The number of imidazole rings is 1. The molecular weight excluding hydrogens is 254 g/mol. The number of nitrogens with one attached hydrogen (secondary N) is 1. The van der Waals surface area contributed by atoms with Gasteiger partial charge in [0.2, 0.25) is 0 Å². The molecule has 0 saturated carbocycles. The third kappa shape index (κ3) is 3.04. The van der Waals surface area contributed by atoms with Crippen LogP contribution in [0.4, 0.5) is 0 Å². The summed E-state index contributed by atoms with van der Waals surface area (Å²) >= 11 is 0. The van der Waals surface area contributed by atoms with E-state index in [4.69, 9.17) is 9.15 Å². The van der Waals surface area contributed by atoms with Crippen molar-refractivity contribution in [2.75, 3.05) is 19.7 Å². The minimum absolute atomic E-state index is 0.567. The highest BCUT2D eigenvalue weighted by Crippen LogP contribution is 2.27. The van der Waals surface area contributed by atoms with Gasteiger partial charge in [-0.25, -0.2) is 4.98 Å². The summed E-state index contributed by atoms with van der Waals surface area (Å²) in [5.41, 5.74) is 0. The zero-order valence-electron chi connectivity index (χ0n) is 11.8. The summed E-state index contributed by atoms with van der Waals surface area (Å²) in [6.45, 7) is 5.62. The third-order valence-corrected chi connectivity index (χ3v) is 3.80. The van der Waals surface area contributed by atoms with Crippen molar-refractivity contribution in [3.05, 3.63) is 36.1 Å². The topological polar surface area (TPSA) is 54.3 Å². The van der Waals surface area contributed by atoms with Crippen LogP contribution in [0, 0.1) is 0 Å². The summed E-state index contributed by atoms with van der Waals surface area (Å²) in [4.78, 5) is 10.0. The summed E-state index contributed by atoms with van der Waals surface area (Å²) in [5, 5.41) is 0. The number of furan rings is 1. The molecule has 0 radical (unpaired) electrons. The molecule has 1 aliphatic heterocycles. The normalized spacial score (nSPS) is 17.4. The molecule has 1 fully saturated rings. The lowest BCUT2D eigenvalue weighted by atomic mass is 9.96. The lowest BCUT2D eigenvalue weighted by Crippen LogP contribution is -2.32. The Hall–Kier alpha value is -1.75. The van der Waals surface area contributed by atoms with E-state index in [9.17, 15) is 0 Å². The van der Waals surface area contributed by atoms with E-state index in [1.807, 2.05) is 31.5 Å². The Morgan fingerprint density at radius 1 is 1.40 bits per heavy atom. The molecule has 1 N–H and O–H groups in total. The number of likely N-dealkylation sites (tertiary alicyclic amines) is 1. The van der Waals surface area contributed by atoms with Crippen LogP contribution in [0.3, 0.4) is 0 Å². The Labute approximate surface area is 118 Å². The lowest BCUT2D eigenvalue weighted by Gasteiger charge is -2.30. The van der Waals surface area contributed by atoms with Gasteiger partial charge in [0.25, 0.3) is 5.95 Å². The van der Waals surface area contributed by atoms with Crippen molar-refractivity contribution in [1.29, 1.82) is 0 Å². The number of rotatable bonds is 5. The van der Waals surface area contributed by atoms with E-state index in [0.29, 0.717) is 18.5 Å². The number of aromatic nitrogens is 2. The van der Waals surface area contributed by atoms with Crippen LogP contribution >= 0.6 is 0 Å². The first-order valence-electron chi connectivity index (χ1n) is 7.28. The van der Waals surface area contributed by atoms with Gasteiger partial charge in [0.05, 0.1) is 13.2 Å². The molecule has 5 nitrogen and oxygen atoms in total. The zero-order chi connectivity index (χ0) is 13.8. The van der Waals surface area contributed by atoms with E-state index in [-0.39, 0.29) is 0 Å². The molecular formula is C15H21N3O2. The molecule has 0 spiro atoms. The van der Waals surface area contributed by atoms with Crippen LogP contribution in [0.25, 0.3) is 0 Å². The van der Waals surface area contributed by atoms with Crippen molar-refractivity contribution in [1.82, 2.24) is 14.9 Å². The molecule has 0 atom stereocenters. The van der Waals surface area contributed by atoms with Crippen molar-refractivity contribution in [3.63, 3.8) is 0 Å². The van der Waals surface area contributed by atoms with Gasteiger partial charge in [-0.2, -0.15) is 0 Å². The van der Waals surface area contributed by atoms with Crippen molar-refractivity contribution >= 4 is 0 Å². The Kier molecular flexibility index (Phi) is 4.06. The number of hydrogen-bond donors (Lipinski definition) is 1. The summed E-state index contributed by atoms with van der Waals surface area (Å²) in [6.07, 6.45) is 6.03. The maximum absolute atomic E-state index is 5.64. The van der Waals surface area contributed by atoms with Gasteiger partial charge in [0, 0.05) is 24.4 Å². The lowest BCUT2D eigenvalue weighted by molar-refractivity contribution is 0.179. The fourth-order valence-corrected chi connectivity index (χ4v) is 2.75. The van der Waals surface area contributed by atoms with Crippen molar-refractivity contribution in [2.24, 2.45) is 0 Å². The minimum Gasteiger partial charge on any atom is -0.465 e. The van der Waals surface area contributed by atoms with Crippen LogP contribution in [-0.2, 0) is 6.54 Å². The molecule has 0 amide bonds. The van der Waals surface area contributed by atoms with E-state index >= 15 is 0 Å². The SMILES string of the molecule is CCOc1ccc(CN2CCC(c3ncc[nH]3)CC2)o1. The molecule has 1 aliphatic rings. The Morgan fingerprint density at radius 3 is 2.95 bits per heavy atom. The number of nitrogens with zero attached hydrogens (tertiary/aromatic N) is 2. The average molecular weight is 275 g/mol. The van der Waals surface area contributed by atoms with E-state index in [0.717, 1.165) is 44.1 Å². The van der Waals surface area contributed by atoms with Crippen molar-refractivity contribution < 1.29 is 9.15 Å². The molecule has 1 saturated heterocycles. The molecule has 2 aromatic heterocycles. The number of ether oxygens (including phenoxy) is 1. The van der Waals surface area contributed by atoms with Crippen LogP contribution in [0.15, 0.2) is 28.9 Å². The maximum Gasteiger partial charge on any atom is 0.284 e. The standard InChI is InChI=1S/C15H21N3O2/c1-2-19-14-4-3-13(20-14)11-18-9-5-12(6-10-18)15-16-7-8-17-15/h3-4,7-8,12H,2,5-6,9-11H2,1H3,(H,16,17). The summed E-state index contributed by atoms with van der Waals surface area (Å²) in [5.74, 6) is 3.29. The van der Waals surface area contributed by atoms with E-state index < -0.39 is 0 Å². The first-order chi connectivity index (χ1) is 9.85. The van der Waals surface area contributed by atoms with E-state index in [1.165, 1.54) is 0 Å². The van der Waals surface area contributed by atoms with Gasteiger partial charge < -0.3 is 14.1 Å². The number of hydrogen-bond acceptors (Lipinski definition) is 4. The maximum atomic E-state index is 5.64. The van der Waals surface area contributed by atoms with Crippen molar-refractivity contribution in [2.45, 2.75) is 32.2 Å². The molecule has 0 bridgehead atoms. The Bertz CT molecular complexity index is 513. The van der Waals surface area contributed by atoms with Crippen LogP contribution in [0.2, 0.25) is 0 Å². The second-order valence-corrected chi connectivity index (χ2v) is 5.18. The van der Waals surface area contributed by atoms with Crippen LogP contribution in [0.5, 0.6) is 5.95 Å². The van der Waals surface area contributed by atoms with Crippen LogP contribution < -0.4 is 4.74 Å². The highest BCUT2D eigenvalue weighted by Gasteiger charge is 2.22. The smallest absolute Gasteiger partial charge is 0.284 e. The van der Waals surface area contributed by atoms with Gasteiger partial charge >= 0.3 is 0 Å². The number of H-pyrrole nitrogens is 1. The Balaban J connectivity index is 1.50. The van der Waals surface area contributed by atoms with Gasteiger partial charge in [0.1, 0.15) is 11.6 Å². The van der Waals surface area contributed by atoms with Gasteiger partial charge in [-0.15, -0.1) is 0 Å². The molecule has 20 heavy (non-hydrogen) atoms. The first kappa shape index (κ1) is 13.2. The fraction of sp³-hybridized carbons (Fsp3) is 0.533. The predicted octanol–water partition coefficient (Wildman–Crippen LogP) is 2.78. The van der Waals surface area contributed by atoms with Gasteiger partial charge in [-0.05, 0) is 38.9 Å². The highest BCUT2D eigenvalue weighted by atomic mass is 16.6. The molecule has 108 valence electrons. The molecule has 3 heterocycles. The van der Waals surface area contributed by atoms with Gasteiger partial charge in [-0.1, -0.05) is 0 Å². The largest absolute Gasteiger partial charge is 0.465 e.